The predicted molar refractivity (Wildman–Crippen MR) is 70.6 cm³/mol. The molecule has 2 unspecified atom stereocenters. The second-order valence-corrected chi connectivity index (χ2v) is 5.59. The number of likely N-dealkylation sites (tertiary alicyclic amines) is 1. The van der Waals surface area contributed by atoms with Crippen molar-refractivity contribution in [1.82, 2.24) is 19.7 Å². The number of aliphatic carboxylic acids is 1. The summed E-state index contributed by atoms with van der Waals surface area (Å²) in [5.74, 6) is 0.0849. The molecule has 2 rings (SSSR count). The van der Waals surface area contributed by atoms with E-state index in [4.69, 9.17) is 5.11 Å². The van der Waals surface area contributed by atoms with Gasteiger partial charge in [0.1, 0.15) is 12.2 Å². The summed E-state index contributed by atoms with van der Waals surface area (Å²) < 4.78 is 1.93. The van der Waals surface area contributed by atoms with Crippen LogP contribution in [0.15, 0.2) is 6.33 Å². The van der Waals surface area contributed by atoms with Crippen molar-refractivity contribution < 1.29 is 9.90 Å². The number of nitrogens with zero attached hydrogens (tertiary/aromatic N) is 4. The highest BCUT2D eigenvalue weighted by Gasteiger charge is 2.30. The standard InChI is InChI=1S/C13H22N4O2/c1-9(2)17-12(14-8-15-17)7-16-5-4-11(13(18)19)6-10(16)3/h8-11H,4-7H2,1-3H3,(H,18,19). The van der Waals surface area contributed by atoms with Gasteiger partial charge in [0.2, 0.25) is 0 Å². The van der Waals surface area contributed by atoms with E-state index < -0.39 is 5.97 Å². The summed E-state index contributed by atoms with van der Waals surface area (Å²) in [5, 5.41) is 13.3. The second-order valence-electron chi connectivity index (χ2n) is 5.59. The van der Waals surface area contributed by atoms with Gasteiger partial charge in [-0.2, -0.15) is 5.10 Å². The van der Waals surface area contributed by atoms with Crippen LogP contribution in [0, 0.1) is 5.92 Å². The van der Waals surface area contributed by atoms with Gasteiger partial charge in [0.15, 0.2) is 0 Å². The Bertz CT molecular complexity index is 444. The molecular formula is C13H22N4O2. The highest BCUT2D eigenvalue weighted by molar-refractivity contribution is 5.70. The SMILES string of the molecule is CC1CC(C(=O)O)CCN1Cc1ncnn1C(C)C. The highest BCUT2D eigenvalue weighted by atomic mass is 16.4. The first kappa shape index (κ1) is 14.0. The summed E-state index contributed by atoms with van der Waals surface area (Å²) in [6.45, 7) is 7.80. The van der Waals surface area contributed by atoms with Crippen molar-refractivity contribution in [2.45, 2.75) is 52.2 Å². The van der Waals surface area contributed by atoms with E-state index in [2.05, 4.69) is 35.8 Å². The van der Waals surface area contributed by atoms with Crippen LogP contribution >= 0.6 is 0 Å². The lowest BCUT2D eigenvalue weighted by atomic mass is 9.92. The Labute approximate surface area is 113 Å². The van der Waals surface area contributed by atoms with Gasteiger partial charge in [-0.05, 0) is 40.2 Å². The normalized spacial score (nSPS) is 24.8. The molecule has 6 nitrogen and oxygen atoms in total. The minimum absolute atomic E-state index is 0.200. The predicted octanol–water partition coefficient (Wildman–Crippen LogP) is 1.54. The summed E-state index contributed by atoms with van der Waals surface area (Å²) in [7, 11) is 0. The van der Waals surface area contributed by atoms with Gasteiger partial charge in [0.05, 0.1) is 12.5 Å². The molecule has 106 valence electrons. The van der Waals surface area contributed by atoms with Crippen LogP contribution in [0.1, 0.15) is 45.5 Å². The van der Waals surface area contributed by atoms with Crippen LogP contribution in [0.25, 0.3) is 0 Å². The fourth-order valence-corrected chi connectivity index (χ4v) is 2.68. The monoisotopic (exact) mass is 266 g/mol. The van der Waals surface area contributed by atoms with Gasteiger partial charge >= 0.3 is 5.97 Å². The third-order valence-corrected chi connectivity index (χ3v) is 3.84. The maximum atomic E-state index is 11.0. The Balaban J connectivity index is 2.00. The summed E-state index contributed by atoms with van der Waals surface area (Å²) in [4.78, 5) is 17.6. The maximum Gasteiger partial charge on any atom is 0.306 e. The van der Waals surface area contributed by atoms with Crippen LogP contribution in [0.4, 0.5) is 0 Å². The molecule has 0 bridgehead atoms. The van der Waals surface area contributed by atoms with Crippen LogP contribution in [-0.4, -0.2) is 43.3 Å². The first-order valence-electron chi connectivity index (χ1n) is 6.84. The molecule has 1 N–H and O–H groups in total. The number of carboxylic acid groups (broad SMARTS) is 1. The molecular weight excluding hydrogens is 244 g/mol. The van der Waals surface area contributed by atoms with Gasteiger partial charge in [-0.3, -0.25) is 9.69 Å². The van der Waals surface area contributed by atoms with E-state index in [0.717, 1.165) is 25.3 Å². The Morgan fingerprint density at radius 1 is 1.58 bits per heavy atom. The number of aromatic nitrogens is 3. The van der Waals surface area contributed by atoms with Gasteiger partial charge in [-0.15, -0.1) is 0 Å². The van der Waals surface area contributed by atoms with Crippen molar-refractivity contribution in [3.8, 4) is 0 Å². The first-order valence-corrected chi connectivity index (χ1v) is 6.84. The fourth-order valence-electron chi connectivity index (χ4n) is 2.68. The summed E-state index contributed by atoms with van der Waals surface area (Å²) in [5.41, 5.74) is 0. The van der Waals surface area contributed by atoms with Crippen molar-refractivity contribution in [2.75, 3.05) is 6.54 Å². The number of carboxylic acids is 1. The van der Waals surface area contributed by atoms with Crippen molar-refractivity contribution in [2.24, 2.45) is 5.92 Å². The molecule has 1 aromatic heterocycles. The summed E-state index contributed by atoms with van der Waals surface area (Å²) in [6.07, 6.45) is 3.02. The average Bonchev–Trinajstić information content (AvgIpc) is 2.79. The van der Waals surface area contributed by atoms with Crippen LogP contribution in [0.5, 0.6) is 0 Å². The van der Waals surface area contributed by atoms with Crippen molar-refractivity contribution in [3.05, 3.63) is 12.2 Å². The van der Waals surface area contributed by atoms with Gasteiger partial charge < -0.3 is 5.11 Å². The van der Waals surface area contributed by atoms with E-state index in [1.54, 1.807) is 6.33 Å². The first-order chi connectivity index (χ1) is 8.99. The van der Waals surface area contributed by atoms with E-state index in [9.17, 15) is 4.79 Å². The van der Waals surface area contributed by atoms with E-state index >= 15 is 0 Å². The lowest BCUT2D eigenvalue weighted by Crippen LogP contribution is -2.42. The van der Waals surface area contributed by atoms with Gasteiger partial charge in [-0.25, -0.2) is 9.67 Å². The van der Waals surface area contributed by atoms with Crippen molar-refractivity contribution >= 4 is 5.97 Å². The Morgan fingerprint density at radius 2 is 2.32 bits per heavy atom. The van der Waals surface area contributed by atoms with Crippen LogP contribution < -0.4 is 0 Å². The zero-order valence-electron chi connectivity index (χ0n) is 11.8. The Hall–Kier alpha value is -1.43. The number of hydrogen-bond acceptors (Lipinski definition) is 4. The van der Waals surface area contributed by atoms with Gasteiger partial charge in [0, 0.05) is 12.1 Å². The smallest absolute Gasteiger partial charge is 0.306 e. The minimum Gasteiger partial charge on any atom is -0.481 e. The number of carbonyl (C=O) groups is 1. The van der Waals surface area contributed by atoms with E-state index in [1.165, 1.54) is 0 Å². The molecule has 0 saturated carbocycles. The molecule has 0 radical (unpaired) electrons. The molecule has 0 amide bonds. The van der Waals surface area contributed by atoms with Gasteiger partial charge in [-0.1, -0.05) is 0 Å². The highest BCUT2D eigenvalue weighted by Crippen LogP contribution is 2.24. The van der Waals surface area contributed by atoms with Crippen LogP contribution in [-0.2, 0) is 11.3 Å². The molecule has 1 aromatic rings. The van der Waals surface area contributed by atoms with Crippen molar-refractivity contribution in [3.63, 3.8) is 0 Å². The number of rotatable bonds is 4. The maximum absolute atomic E-state index is 11.0. The largest absolute Gasteiger partial charge is 0.481 e. The van der Waals surface area contributed by atoms with Gasteiger partial charge in [0.25, 0.3) is 0 Å². The van der Waals surface area contributed by atoms with Crippen LogP contribution in [0.3, 0.4) is 0 Å². The topological polar surface area (TPSA) is 71.2 Å². The molecule has 1 saturated heterocycles. The second kappa shape index (κ2) is 5.69. The molecule has 1 aliphatic heterocycles. The third kappa shape index (κ3) is 3.12. The van der Waals surface area contributed by atoms with Crippen molar-refractivity contribution in [1.29, 1.82) is 0 Å². The molecule has 0 aromatic carbocycles. The Kier molecular flexibility index (Phi) is 4.19. The molecule has 0 aliphatic carbocycles. The zero-order valence-corrected chi connectivity index (χ0v) is 11.8. The summed E-state index contributed by atoms with van der Waals surface area (Å²) in [6, 6.07) is 0.566. The van der Waals surface area contributed by atoms with E-state index in [1.807, 2.05) is 4.68 Å². The average molecular weight is 266 g/mol. The number of hydrogen-bond donors (Lipinski definition) is 1. The fraction of sp³-hybridized carbons (Fsp3) is 0.769. The molecule has 2 atom stereocenters. The third-order valence-electron chi connectivity index (χ3n) is 3.84. The molecule has 0 spiro atoms. The lowest BCUT2D eigenvalue weighted by molar-refractivity contribution is -0.144. The van der Waals surface area contributed by atoms with Crippen LogP contribution in [0.2, 0.25) is 0 Å². The lowest BCUT2D eigenvalue weighted by Gasteiger charge is -2.35. The quantitative estimate of drug-likeness (QED) is 0.895. The van der Waals surface area contributed by atoms with E-state index in [0.29, 0.717) is 12.5 Å². The number of piperidine rings is 1. The molecule has 1 fully saturated rings. The molecule has 19 heavy (non-hydrogen) atoms. The summed E-state index contributed by atoms with van der Waals surface area (Å²) >= 11 is 0. The van der Waals surface area contributed by atoms with E-state index in [-0.39, 0.29) is 12.0 Å². The molecule has 2 heterocycles. The zero-order chi connectivity index (χ0) is 14.0. The molecule has 6 heteroatoms. The molecule has 1 aliphatic rings. The minimum atomic E-state index is -0.670. The Morgan fingerprint density at radius 3 is 2.89 bits per heavy atom.